The van der Waals surface area contributed by atoms with Crippen LogP contribution in [0.25, 0.3) is 0 Å². The van der Waals surface area contributed by atoms with Gasteiger partial charge in [-0.2, -0.15) is 0 Å². The maximum Gasteiger partial charge on any atom is 0.322 e. The van der Waals surface area contributed by atoms with E-state index in [0.717, 1.165) is 6.42 Å². The van der Waals surface area contributed by atoms with Gasteiger partial charge in [-0.15, -0.1) is 0 Å². The lowest BCUT2D eigenvalue weighted by molar-refractivity contribution is -0.139. The van der Waals surface area contributed by atoms with Gasteiger partial charge in [0.1, 0.15) is 11.9 Å². The number of likely N-dealkylation sites (N-methyl/N-ethyl adjacent to an activating group) is 1. The molecule has 0 heterocycles. The number of aliphatic carboxylic acids is 1. The fourth-order valence-corrected chi connectivity index (χ4v) is 1.64. The number of anilines is 1. The van der Waals surface area contributed by atoms with Crippen LogP contribution in [0.15, 0.2) is 24.3 Å². The molecule has 0 radical (unpaired) electrons. The van der Waals surface area contributed by atoms with E-state index >= 15 is 0 Å². The summed E-state index contributed by atoms with van der Waals surface area (Å²) >= 11 is 0. The van der Waals surface area contributed by atoms with Crippen LogP contribution in [0.2, 0.25) is 0 Å². The number of carbonyl (C=O) groups is 1. The van der Waals surface area contributed by atoms with Crippen molar-refractivity contribution in [3.8, 4) is 0 Å². The summed E-state index contributed by atoms with van der Waals surface area (Å²) in [6, 6.07) is 5.46. The van der Waals surface area contributed by atoms with Crippen molar-refractivity contribution < 1.29 is 14.3 Å². The lowest BCUT2D eigenvalue weighted by atomic mass is 10.2. The summed E-state index contributed by atoms with van der Waals surface area (Å²) in [5, 5.41) is 12.0. The van der Waals surface area contributed by atoms with E-state index in [-0.39, 0.29) is 5.82 Å². The van der Waals surface area contributed by atoms with Crippen molar-refractivity contribution in [1.29, 1.82) is 0 Å². The number of carboxylic acid groups (broad SMARTS) is 1. The van der Waals surface area contributed by atoms with Gasteiger partial charge in [0.25, 0.3) is 0 Å². The average molecular weight is 254 g/mol. The second-order valence-electron chi connectivity index (χ2n) is 4.21. The smallest absolute Gasteiger partial charge is 0.322 e. The highest BCUT2D eigenvalue weighted by Crippen LogP contribution is 2.14. The number of benzene rings is 1. The lowest BCUT2D eigenvalue weighted by Crippen LogP contribution is -2.45. The first-order valence-electron chi connectivity index (χ1n) is 5.97. The maximum absolute atomic E-state index is 13.1. The van der Waals surface area contributed by atoms with Gasteiger partial charge in [-0.1, -0.05) is 13.0 Å². The van der Waals surface area contributed by atoms with Crippen molar-refractivity contribution in [2.75, 3.05) is 25.0 Å². The zero-order valence-corrected chi connectivity index (χ0v) is 10.7. The standard InChI is InChI=1S/C13H19FN2O2/c1-3-7-15-12(13(17)18)9-16(2)11-6-4-5-10(14)8-11/h4-6,8,12,15H,3,7,9H2,1-2H3,(H,17,18). The number of nitrogens with zero attached hydrogens (tertiary/aromatic N) is 1. The number of halogens is 1. The Bertz CT molecular complexity index is 398. The molecular weight excluding hydrogens is 235 g/mol. The molecule has 0 aliphatic heterocycles. The number of carboxylic acids is 1. The fourth-order valence-electron chi connectivity index (χ4n) is 1.64. The lowest BCUT2D eigenvalue weighted by Gasteiger charge is -2.24. The molecule has 1 aromatic rings. The molecule has 0 bridgehead atoms. The summed E-state index contributed by atoms with van der Waals surface area (Å²) in [6.45, 7) is 2.91. The Kier molecular flexibility index (Phi) is 5.58. The molecular formula is C13H19FN2O2. The number of rotatable bonds is 7. The molecule has 18 heavy (non-hydrogen) atoms. The number of hydrogen-bond acceptors (Lipinski definition) is 3. The van der Waals surface area contributed by atoms with Gasteiger partial charge < -0.3 is 15.3 Å². The molecule has 2 N–H and O–H groups in total. The molecule has 0 saturated heterocycles. The largest absolute Gasteiger partial charge is 0.480 e. The summed E-state index contributed by atoms with van der Waals surface area (Å²) in [4.78, 5) is 12.8. The van der Waals surface area contributed by atoms with E-state index in [0.29, 0.717) is 18.8 Å². The molecule has 0 saturated carbocycles. The van der Waals surface area contributed by atoms with Gasteiger partial charge in [0.2, 0.25) is 0 Å². The van der Waals surface area contributed by atoms with Crippen molar-refractivity contribution in [2.45, 2.75) is 19.4 Å². The summed E-state index contributed by atoms with van der Waals surface area (Å²) in [5.74, 6) is -1.22. The zero-order chi connectivity index (χ0) is 13.5. The monoisotopic (exact) mass is 254 g/mol. The van der Waals surface area contributed by atoms with Gasteiger partial charge in [-0.05, 0) is 31.2 Å². The fraction of sp³-hybridized carbons (Fsp3) is 0.462. The second kappa shape index (κ2) is 6.96. The van der Waals surface area contributed by atoms with Gasteiger partial charge in [-0.25, -0.2) is 4.39 Å². The first-order chi connectivity index (χ1) is 8.54. The van der Waals surface area contributed by atoms with E-state index in [1.165, 1.54) is 12.1 Å². The first-order valence-corrected chi connectivity index (χ1v) is 5.97. The summed E-state index contributed by atoms with van der Waals surface area (Å²) in [7, 11) is 1.75. The molecule has 1 aromatic carbocycles. The van der Waals surface area contributed by atoms with E-state index < -0.39 is 12.0 Å². The predicted octanol–water partition coefficient (Wildman–Crippen LogP) is 1.71. The van der Waals surface area contributed by atoms with Crippen molar-refractivity contribution in [3.05, 3.63) is 30.1 Å². The molecule has 0 amide bonds. The third-order valence-electron chi connectivity index (χ3n) is 2.64. The van der Waals surface area contributed by atoms with Gasteiger partial charge in [0, 0.05) is 19.3 Å². The molecule has 1 atom stereocenters. The van der Waals surface area contributed by atoms with E-state index in [2.05, 4.69) is 5.32 Å². The van der Waals surface area contributed by atoms with E-state index in [1.54, 1.807) is 24.1 Å². The van der Waals surface area contributed by atoms with Crippen LogP contribution in [-0.2, 0) is 4.79 Å². The minimum Gasteiger partial charge on any atom is -0.480 e. The maximum atomic E-state index is 13.1. The highest BCUT2D eigenvalue weighted by molar-refractivity contribution is 5.74. The van der Waals surface area contributed by atoms with Crippen LogP contribution < -0.4 is 10.2 Å². The third kappa shape index (κ3) is 4.33. The van der Waals surface area contributed by atoms with Crippen LogP contribution in [-0.4, -0.2) is 37.3 Å². The molecule has 5 heteroatoms. The summed E-state index contributed by atoms with van der Waals surface area (Å²) < 4.78 is 13.1. The van der Waals surface area contributed by atoms with E-state index in [1.807, 2.05) is 6.92 Å². The van der Waals surface area contributed by atoms with Gasteiger partial charge in [0.05, 0.1) is 0 Å². The molecule has 0 aliphatic carbocycles. The molecule has 0 aromatic heterocycles. The van der Waals surface area contributed by atoms with Crippen molar-refractivity contribution in [1.82, 2.24) is 5.32 Å². The molecule has 0 fully saturated rings. The van der Waals surface area contributed by atoms with Crippen LogP contribution in [0.1, 0.15) is 13.3 Å². The average Bonchev–Trinajstić information content (AvgIpc) is 2.33. The highest BCUT2D eigenvalue weighted by Gasteiger charge is 2.18. The second-order valence-corrected chi connectivity index (χ2v) is 4.21. The van der Waals surface area contributed by atoms with Crippen molar-refractivity contribution >= 4 is 11.7 Å². The third-order valence-corrected chi connectivity index (χ3v) is 2.64. The molecule has 1 rings (SSSR count). The zero-order valence-electron chi connectivity index (χ0n) is 10.7. The number of hydrogen-bond donors (Lipinski definition) is 2. The Hall–Kier alpha value is -1.62. The van der Waals surface area contributed by atoms with E-state index in [4.69, 9.17) is 5.11 Å². The Balaban J connectivity index is 2.65. The van der Waals surface area contributed by atoms with Gasteiger partial charge in [-0.3, -0.25) is 4.79 Å². The van der Waals surface area contributed by atoms with Crippen LogP contribution in [0.3, 0.4) is 0 Å². The summed E-state index contributed by atoms with van der Waals surface area (Å²) in [6.07, 6.45) is 0.869. The topological polar surface area (TPSA) is 52.6 Å². The van der Waals surface area contributed by atoms with Crippen molar-refractivity contribution in [2.24, 2.45) is 0 Å². The Morgan fingerprint density at radius 1 is 1.56 bits per heavy atom. The minimum atomic E-state index is -0.897. The summed E-state index contributed by atoms with van der Waals surface area (Å²) in [5.41, 5.74) is 0.666. The Labute approximate surface area is 106 Å². The quantitative estimate of drug-likeness (QED) is 0.778. The predicted molar refractivity (Wildman–Crippen MR) is 69.4 cm³/mol. The highest BCUT2D eigenvalue weighted by atomic mass is 19.1. The van der Waals surface area contributed by atoms with Gasteiger partial charge in [0.15, 0.2) is 0 Å². The van der Waals surface area contributed by atoms with Gasteiger partial charge >= 0.3 is 5.97 Å². The van der Waals surface area contributed by atoms with Crippen LogP contribution in [0.5, 0.6) is 0 Å². The first kappa shape index (κ1) is 14.4. The van der Waals surface area contributed by atoms with Crippen LogP contribution >= 0.6 is 0 Å². The Morgan fingerprint density at radius 3 is 2.83 bits per heavy atom. The van der Waals surface area contributed by atoms with Crippen molar-refractivity contribution in [3.63, 3.8) is 0 Å². The van der Waals surface area contributed by atoms with Crippen LogP contribution in [0.4, 0.5) is 10.1 Å². The molecule has 0 spiro atoms. The van der Waals surface area contributed by atoms with E-state index in [9.17, 15) is 9.18 Å². The molecule has 1 unspecified atom stereocenters. The normalized spacial score (nSPS) is 12.2. The molecule has 4 nitrogen and oxygen atoms in total. The number of nitrogens with one attached hydrogen (secondary N) is 1. The Morgan fingerprint density at radius 2 is 2.28 bits per heavy atom. The molecule has 100 valence electrons. The van der Waals surface area contributed by atoms with Crippen LogP contribution in [0, 0.1) is 5.82 Å². The molecule has 0 aliphatic rings. The minimum absolute atomic E-state index is 0.290. The SMILES string of the molecule is CCCNC(CN(C)c1cccc(F)c1)C(=O)O.